The van der Waals surface area contributed by atoms with Gasteiger partial charge in [0, 0.05) is 25.1 Å². The van der Waals surface area contributed by atoms with Crippen molar-refractivity contribution in [1.82, 2.24) is 4.98 Å². The number of piperidine rings is 1. The zero-order chi connectivity index (χ0) is 11.4. The summed E-state index contributed by atoms with van der Waals surface area (Å²) in [4.78, 5) is 6.66. The smallest absolute Gasteiger partial charge is 0.187 e. The van der Waals surface area contributed by atoms with E-state index in [9.17, 15) is 0 Å². The molecule has 1 aliphatic rings. The molecular weight excluding hydrogens is 222 g/mol. The minimum atomic E-state index is 0.631. The number of nitrogens with two attached hydrogens (primary N) is 1. The maximum Gasteiger partial charge on any atom is 0.187 e. The molecule has 1 aliphatic heterocycles. The first kappa shape index (κ1) is 11.7. The normalized spacial score (nSPS) is 21.3. The van der Waals surface area contributed by atoms with Crippen LogP contribution < -0.4 is 10.6 Å². The fraction of sp³-hybridized carbons (Fsp3) is 0.727. The molecule has 1 saturated heterocycles. The molecule has 4 nitrogen and oxygen atoms in total. The first-order valence-electron chi connectivity index (χ1n) is 5.83. The lowest BCUT2D eigenvalue weighted by Gasteiger charge is -2.32. The van der Waals surface area contributed by atoms with E-state index in [0.29, 0.717) is 11.7 Å². The van der Waals surface area contributed by atoms with Gasteiger partial charge < -0.3 is 15.4 Å². The van der Waals surface area contributed by atoms with Gasteiger partial charge in [0.25, 0.3) is 0 Å². The summed E-state index contributed by atoms with van der Waals surface area (Å²) in [6.07, 6.45) is 2.48. The van der Waals surface area contributed by atoms with Crippen LogP contribution >= 0.6 is 11.3 Å². The number of nitrogens with zero attached hydrogens (tertiary/aromatic N) is 2. The van der Waals surface area contributed by atoms with E-state index in [0.717, 1.165) is 31.4 Å². The van der Waals surface area contributed by atoms with E-state index in [-0.39, 0.29) is 0 Å². The molecular formula is C11H19N3OS. The molecule has 5 heteroatoms. The van der Waals surface area contributed by atoms with E-state index in [2.05, 4.69) is 9.88 Å². The molecule has 0 bridgehead atoms. The second-order valence-corrected chi connectivity index (χ2v) is 5.01. The molecule has 2 N–H and O–H groups in total. The summed E-state index contributed by atoms with van der Waals surface area (Å²) >= 11 is 1.63. The van der Waals surface area contributed by atoms with Crippen LogP contribution in [-0.4, -0.2) is 31.3 Å². The first-order valence-corrected chi connectivity index (χ1v) is 6.71. The molecule has 90 valence electrons. The van der Waals surface area contributed by atoms with Crippen molar-refractivity contribution >= 4 is 22.3 Å². The van der Waals surface area contributed by atoms with Crippen molar-refractivity contribution in [3.05, 3.63) is 5.38 Å². The predicted octanol–water partition coefficient (Wildman–Crippen LogP) is 1.98. The Morgan fingerprint density at radius 2 is 2.56 bits per heavy atom. The van der Waals surface area contributed by atoms with Crippen LogP contribution in [0.15, 0.2) is 5.38 Å². The molecule has 0 aromatic carbocycles. The van der Waals surface area contributed by atoms with Crippen LogP contribution in [-0.2, 0) is 4.74 Å². The van der Waals surface area contributed by atoms with Gasteiger partial charge in [0.05, 0.1) is 6.61 Å². The monoisotopic (exact) mass is 241 g/mol. The van der Waals surface area contributed by atoms with Crippen molar-refractivity contribution in [2.75, 3.05) is 36.9 Å². The fourth-order valence-corrected chi connectivity index (χ4v) is 2.83. The molecule has 1 fully saturated rings. The summed E-state index contributed by atoms with van der Waals surface area (Å²) in [5.74, 6) is 1.27. The number of nitrogen functional groups attached to an aromatic ring is 1. The maximum atomic E-state index is 5.65. The topological polar surface area (TPSA) is 51.4 Å². The first-order chi connectivity index (χ1) is 7.79. The largest absolute Gasteiger partial charge is 0.383 e. The highest BCUT2D eigenvalue weighted by Crippen LogP contribution is 2.27. The lowest BCUT2D eigenvalue weighted by atomic mass is 9.99. The average molecular weight is 241 g/mol. The molecule has 0 amide bonds. The van der Waals surface area contributed by atoms with E-state index in [1.54, 1.807) is 11.3 Å². The van der Waals surface area contributed by atoms with Gasteiger partial charge in [-0.3, -0.25) is 0 Å². The second-order valence-electron chi connectivity index (χ2n) is 4.17. The van der Waals surface area contributed by atoms with E-state index in [1.165, 1.54) is 12.8 Å². The summed E-state index contributed by atoms with van der Waals surface area (Å²) in [5.41, 5.74) is 5.65. The van der Waals surface area contributed by atoms with Crippen molar-refractivity contribution in [1.29, 1.82) is 0 Å². The van der Waals surface area contributed by atoms with Crippen molar-refractivity contribution in [2.24, 2.45) is 5.92 Å². The van der Waals surface area contributed by atoms with Crippen LogP contribution in [0.3, 0.4) is 0 Å². The highest BCUT2D eigenvalue weighted by atomic mass is 32.1. The number of ether oxygens (including phenoxy) is 1. The van der Waals surface area contributed by atoms with E-state index in [1.807, 2.05) is 12.3 Å². The molecule has 0 radical (unpaired) electrons. The Morgan fingerprint density at radius 3 is 3.25 bits per heavy atom. The summed E-state index contributed by atoms with van der Waals surface area (Å²) in [7, 11) is 0. The quantitative estimate of drug-likeness (QED) is 0.875. The van der Waals surface area contributed by atoms with Crippen molar-refractivity contribution in [3.63, 3.8) is 0 Å². The van der Waals surface area contributed by atoms with Crippen LogP contribution in [0.1, 0.15) is 19.8 Å². The summed E-state index contributed by atoms with van der Waals surface area (Å²) in [5, 5.41) is 2.96. The summed E-state index contributed by atoms with van der Waals surface area (Å²) < 4.78 is 5.49. The minimum Gasteiger partial charge on any atom is -0.383 e. The Morgan fingerprint density at radius 1 is 1.69 bits per heavy atom. The maximum absolute atomic E-state index is 5.65. The molecule has 1 aromatic heterocycles. The third kappa shape index (κ3) is 2.86. The lowest BCUT2D eigenvalue weighted by Crippen LogP contribution is -2.37. The van der Waals surface area contributed by atoms with Gasteiger partial charge in [0.15, 0.2) is 5.13 Å². The predicted molar refractivity (Wildman–Crippen MR) is 68.0 cm³/mol. The fourth-order valence-electron chi connectivity index (χ4n) is 2.08. The number of aromatic nitrogens is 1. The van der Waals surface area contributed by atoms with E-state index >= 15 is 0 Å². The number of thiazole rings is 1. The van der Waals surface area contributed by atoms with Crippen molar-refractivity contribution in [2.45, 2.75) is 19.8 Å². The third-order valence-electron chi connectivity index (χ3n) is 2.86. The zero-order valence-corrected chi connectivity index (χ0v) is 10.5. The Hall–Kier alpha value is -0.810. The molecule has 16 heavy (non-hydrogen) atoms. The van der Waals surface area contributed by atoms with Crippen LogP contribution in [0.5, 0.6) is 0 Å². The van der Waals surface area contributed by atoms with E-state index in [4.69, 9.17) is 10.5 Å². The summed E-state index contributed by atoms with van der Waals surface area (Å²) in [6.45, 7) is 5.86. The Balaban J connectivity index is 1.91. The van der Waals surface area contributed by atoms with Gasteiger partial charge in [0.2, 0.25) is 0 Å². The van der Waals surface area contributed by atoms with Crippen molar-refractivity contribution in [3.8, 4) is 0 Å². The minimum absolute atomic E-state index is 0.631. The van der Waals surface area contributed by atoms with Gasteiger partial charge >= 0.3 is 0 Å². The highest BCUT2D eigenvalue weighted by molar-refractivity contribution is 7.14. The zero-order valence-electron chi connectivity index (χ0n) is 9.69. The van der Waals surface area contributed by atoms with Gasteiger partial charge in [-0.05, 0) is 25.7 Å². The van der Waals surface area contributed by atoms with E-state index < -0.39 is 0 Å². The van der Waals surface area contributed by atoms with Crippen molar-refractivity contribution < 1.29 is 4.74 Å². The molecule has 2 heterocycles. The lowest BCUT2D eigenvalue weighted by molar-refractivity contribution is 0.104. The summed E-state index contributed by atoms with van der Waals surface area (Å²) in [6, 6.07) is 0. The molecule has 2 rings (SSSR count). The Labute approximate surface area is 100 Å². The van der Waals surface area contributed by atoms with Crippen LogP contribution in [0.2, 0.25) is 0 Å². The van der Waals surface area contributed by atoms with Gasteiger partial charge in [0.1, 0.15) is 5.82 Å². The molecule has 0 aliphatic carbocycles. The van der Waals surface area contributed by atoms with Crippen LogP contribution in [0, 0.1) is 5.92 Å². The molecule has 1 atom stereocenters. The number of anilines is 2. The number of hydrogen-bond acceptors (Lipinski definition) is 5. The Bertz CT molecular complexity index is 329. The molecule has 0 spiro atoms. The second kappa shape index (κ2) is 5.50. The number of hydrogen-bond donors (Lipinski definition) is 1. The molecule has 0 saturated carbocycles. The van der Waals surface area contributed by atoms with Crippen LogP contribution in [0.4, 0.5) is 10.9 Å². The highest BCUT2D eigenvalue weighted by Gasteiger charge is 2.21. The standard InChI is InChI=1S/C11H19N3OS/c1-2-15-7-9-4-3-5-14(6-9)11-13-10(12)8-16-11/h8-9H,2-7,12H2,1H3. The van der Waals surface area contributed by atoms with Gasteiger partial charge in [-0.2, -0.15) is 0 Å². The van der Waals surface area contributed by atoms with Gasteiger partial charge in [-0.25, -0.2) is 4.98 Å². The van der Waals surface area contributed by atoms with Gasteiger partial charge in [-0.15, -0.1) is 11.3 Å². The Kier molecular flexibility index (Phi) is 4.01. The van der Waals surface area contributed by atoms with Crippen LogP contribution in [0.25, 0.3) is 0 Å². The molecule has 1 aromatic rings. The SMILES string of the molecule is CCOCC1CCCN(c2nc(N)cs2)C1. The molecule has 1 unspecified atom stereocenters. The number of rotatable bonds is 4. The van der Waals surface area contributed by atoms with Gasteiger partial charge in [-0.1, -0.05) is 0 Å². The third-order valence-corrected chi connectivity index (χ3v) is 3.78. The average Bonchev–Trinajstić information content (AvgIpc) is 2.74.